The van der Waals surface area contributed by atoms with E-state index >= 15 is 4.39 Å². The van der Waals surface area contributed by atoms with Crippen LogP contribution in [0.25, 0.3) is 5.76 Å². The molecule has 1 saturated carbocycles. The largest absolute Gasteiger partial charge is 0.504 e. The molecule has 0 radical (unpaired) electrons. The van der Waals surface area contributed by atoms with E-state index in [1.54, 1.807) is 11.8 Å². The summed E-state index contributed by atoms with van der Waals surface area (Å²) in [5.41, 5.74) is 4.33. The van der Waals surface area contributed by atoms with Crippen molar-refractivity contribution in [2.75, 3.05) is 13.1 Å². The van der Waals surface area contributed by atoms with Crippen LogP contribution < -0.4 is 17.0 Å². The summed E-state index contributed by atoms with van der Waals surface area (Å²) < 4.78 is 54.7. The van der Waals surface area contributed by atoms with Gasteiger partial charge in [-0.1, -0.05) is 6.92 Å². The molecule has 1 aliphatic heterocycles. The highest BCUT2D eigenvalue weighted by molar-refractivity contribution is 5.66. The predicted octanol–water partition coefficient (Wildman–Crippen LogP) is 2.15. The second-order valence-corrected chi connectivity index (χ2v) is 8.58. The molecular weight excluding hydrogens is 408 g/mol. The zero-order valence-electron chi connectivity index (χ0n) is 16.4. The molecule has 1 aromatic rings. The Morgan fingerprint density at radius 3 is 2.53 bits per heavy atom. The molecule has 1 saturated heterocycles. The van der Waals surface area contributed by atoms with Gasteiger partial charge in [0.25, 0.3) is 5.56 Å². The summed E-state index contributed by atoms with van der Waals surface area (Å²) in [4.78, 5) is 28.5. The summed E-state index contributed by atoms with van der Waals surface area (Å²) in [5.74, 6) is -2.85. The lowest BCUT2D eigenvalue weighted by Crippen LogP contribution is -2.46. The maximum absolute atomic E-state index is 15.2. The maximum Gasteiger partial charge on any atom is 0.390 e. The number of alkyl halides is 3. The Hall–Kier alpha value is -2.14. The van der Waals surface area contributed by atoms with E-state index in [4.69, 9.17) is 5.73 Å². The second-order valence-electron chi connectivity index (χ2n) is 8.58. The van der Waals surface area contributed by atoms with Gasteiger partial charge in [0.1, 0.15) is 5.56 Å². The van der Waals surface area contributed by atoms with E-state index in [2.05, 4.69) is 4.98 Å². The maximum atomic E-state index is 15.2. The molecule has 2 heterocycles. The highest BCUT2D eigenvalue weighted by Gasteiger charge is 2.46. The third kappa shape index (κ3) is 3.58. The fraction of sp³-hybridized carbons (Fsp3) is 0.684. The number of nitrogens with zero attached hydrogens (tertiary/aromatic N) is 2. The third-order valence-electron chi connectivity index (χ3n) is 6.44. The van der Waals surface area contributed by atoms with Crippen LogP contribution >= 0.6 is 0 Å². The number of hydrogen-bond donors (Lipinski definition) is 3. The second kappa shape index (κ2) is 7.23. The fourth-order valence-electron chi connectivity index (χ4n) is 4.89. The topological polar surface area (TPSA) is 104 Å². The number of aromatic nitrogens is 2. The molecule has 4 unspecified atom stereocenters. The predicted molar refractivity (Wildman–Crippen MR) is 101 cm³/mol. The SMILES string of the molecule is CC1c2c(c(=O)[nH]c(=O)n2C2CC2)C(O)=C(F)C1N1CCC(C(N)CC(F)(F)F)C1. The number of hydrogen-bond acceptors (Lipinski definition) is 5. The van der Waals surface area contributed by atoms with Crippen molar-refractivity contribution in [3.05, 3.63) is 37.9 Å². The summed E-state index contributed by atoms with van der Waals surface area (Å²) in [6.45, 7) is 2.10. The van der Waals surface area contributed by atoms with Crippen LogP contribution in [0, 0.1) is 5.92 Å². The van der Waals surface area contributed by atoms with Crippen molar-refractivity contribution >= 4 is 5.76 Å². The van der Waals surface area contributed by atoms with Gasteiger partial charge in [0.2, 0.25) is 0 Å². The van der Waals surface area contributed by atoms with Gasteiger partial charge in [-0.15, -0.1) is 0 Å². The molecule has 11 heteroatoms. The van der Waals surface area contributed by atoms with Gasteiger partial charge in [-0.3, -0.25) is 19.2 Å². The van der Waals surface area contributed by atoms with Gasteiger partial charge in [0, 0.05) is 30.2 Å². The zero-order valence-corrected chi connectivity index (χ0v) is 16.4. The normalized spacial score (nSPS) is 28.7. The summed E-state index contributed by atoms with van der Waals surface area (Å²) in [7, 11) is 0. The average Bonchev–Trinajstić information content (AvgIpc) is 3.34. The highest BCUT2D eigenvalue weighted by Crippen LogP contribution is 2.44. The fourth-order valence-corrected chi connectivity index (χ4v) is 4.89. The first kappa shape index (κ1) is 21.1. The van der Waals surface area contributed by atoms with Gasteiger partial charge in [-0.2, -0.15) is 13.2 Å². The van der Waals surface area contributed by atoms with Crippen LogP contribution in [0.4, 0.5) is 17.6 Å². The number of aliphatic hydroxyl groups is 1. The molecule has 30 heavy (non-hydrogen) atoms. The molecule has 0 amide bonds. The summed E-state index contributed by atoms with van der Waals surface area (Å²) in [6.07, 6.45) is -3.66. The third-order valence-corrected chi connectivity index (χ3v) is 6.44. The molecule has 166 valence electrons. The van der Waals surface area contributed by atoms with Gasteiger partial charge in [-0.05, 0) is 31.7 Å². The molecule has 2 fully saturated rings. The average molecular weight is 432 g/mol. The standard InChI is InChI=1S/C19H24F4N4O3/c1-8-14-12(17(29)25-18(30)27(14)10-2-3-10)16(28)13(20)15(8)26-5-4-9(7-26)11(24)6-19(21,22)23/h8-11,15,28H,2-7,24H2,1H3,(H,25,29,30). The number of nitrogens with two attached hydrogens (primary N) is 1. The van der Waals surface area contributed by atoms with E-state index in [-0.39, 0.29) is 23.8 Å². The first-order chi connectivity index (χ1) is 14.0. The number of aliphatic hydroxyl groups excluding tert-OH is 1. The molecule has 2 aliphatic carbocycles. The summed E-state index contributed by atoms with van der Waals surface area (Å²) >= 11 is 0. The Bertz CT molecular complexity index is 995. The number of rotatable bonds is 4. The number of fused-ring (bicyclic) bond motifs is 1. The van der Waals surface area contributed by atoms with Crippen LogP contribution in [0.1, 0.15) is 55.8 Å². The molecule has 0 spiro atoms. The van der Waals surface area contributed by atoms with Crippen molar-refractivity contribution < 1.29 is 22.7 Å². The number of nitrogens with one attached hydrogen (secondary N) is 1. The number of H-pyrrole nitrogens is 1. The van der Waals surface area contributed by atoms with E-state index in [1.807, 2.05) is 0 Å². The minimum absolute atomic E-state index is 0.119. The first-order valence-corrected chi connectivity index (χ1v) is 10.0. The summed E-state index contributed by atoms with van der Waals surface area (Å²) in [6, 6.07) is -2.20. The Balaban J connectivity index is 1.68. The van der Waals surface area contributed by atoms with E-state index < -0.39 is 59.4 Å². The zero-order chi connectivity index (χ0) is 22.0. The Morgan fingerprint density at radius 1 is 1.27 bits per heavy atom. The van der Waals surface area contributed by atoms with Gasteiger partial charge in [-0.25, -0.2) is 9.18 Å². The highest BCUT2D eigenvalue weighted by atomic mass is 19.4. The van der Waals surface area contributed by atoms with E-state index in [9.17, 15) is 27.9 Å². The number of halogens is 4. The molecular formula is C19H24F4N4O3. The Labute approximate surface area is 169 Å². The van der Waals surface area contributed by atoms with E-state index in [0.29, 0.717) is 13.0 Å². The summed E-state index contributed by atoms with van der Waals surface area (Å²) in [5, 5.41) is 10.5. The van der Waals surface area contributed by atoms with Crippen molar-refractivity contribution in [3.8, 4) is 0 Å². The van der Waals surface area contributed by atoms with E-state index in [1.165, 1.54) is 4.57 Å². The van der Waals surface area contributed by atoms with Gasteiger partial charge >= 0.3 is 11.9 Å². The van der Waals surface area contributed by atoms with Crippen molar-refractivity contribution in [2.45, 2.75) is 62.8 Å². The van der Waals surface area contributed by atoms with Crippen LogP contribution in [0.3, 0.4) is 0 Å². The van der Waals surface area contributed by atoms with Crippen molar-refractivity contribution in [2.24, 2.45) is 11.7 Å². The van der Waals surface area contributed by atoms with Crippen molar-refractivity contribution in [1.82, 2.24) is 14.5 Å². The molecule has 3 aliphatic rings. The monoisotopic (exact) mass is 432 g/mol. The molecule has 4 atom stereocenters. The lowest BCUT2D eigenvalue weighted by molar-refractivity contribution is -0.140. The van der Waals surface area contributed by atoms with Crippen LogP contribution in [0.2, 0.25) is 0 Å². The van der Waals surface area contributed by atoms with Gasteiger partial charge in [0.05, 0.1) is 12.5 Å². The van der Waals surface area contributed by atoms with Gasteiger partial charge < -0.3 is 10.8 Å². The molecule has 0 bridgehead atoms. The minimum Gasteiger partial charge on any atom is -0.504 e. The lowest BCUT2D eigenvalue weighted by atomic mass is 9.85. The van der Waals surface area contributed by atoms with Crippen LogP contribution in [-0.2, 0) is 0 Å². The Kier molecular flexibility index (Phi) is 5.08. The van der Waals surface area contributed by atoms with Crippen molar-refractivity contribution in [3.63, 3.8) is 0 Å². The first-order valence-electron chi connectivity index (χ1n) is 10.0. The quantitative estimate of drug-likeness (QED) is 0.633. The minimum atomic E-state index is -4.38. The number of likely N-dealkylation sites (tertiary alicyclic amines) is 1. The van der Waals surface area contributed by atoms with Crippen LogP contribution in [-0.4, -0.2) is 50.9 Å². The molecule has 4 N–H and O–H groups in total. The molecule has 7 nitrogen and oxygen atoms in total. The van der Waals surface area contributed by atoms with E-state index in [0.717, 1.165) is 12.8 Å². The van der Waals surface area contributed by atoms with Crippen LogP contribution in [0.15, 0.2) is 15.4 Å². The van der Waals surface area contributed by atoms with Crippen molar-refractivity contribution in [1.29, 1.82) is 0 Å². The Morgan fingerprint density at radius 2 is 1.93 bits per heavy atom. The van der Waals surface area contributed by atoms with Crippen LogP contribution in [0.5, 0.6) is 0 Å². The molecule has 1 aromatic heterocycles. The lowest BCUT2D eigenvalue weighted by Gasteiger charge is -2.37. The smallest absolute Gasteiger partial charge is 0.390 e. The number of aromatic amines is 1. The van der Waals surface area contributed by atoms with Gasteiger partial charge in [0.15, 0.2) is 11.6 Å². The molecule has 4 rings (SSSR count). The molecule has 0 aromatic carbocycles.